The Hall–Kier alpha value is -1.43. The SMILES string of the molecule is CCCN(CC(=O)O)S(=O)(=O)c1cc(Br)cc(C#N)c1. The molecule has 8 heteroatoms. The zero-order valence-electron chi connectivity index (χ0n) is 10.7. The fourth-order valence-electron chi connectivity index (χ4n) is 1.61. The van der Waals surface area contributed by atoms with Crippen molar-refractivity contribution in [1.29, 1.82) is 5.26 Å². The van der Waals surface area contributed by atoms with Crippen LogP contribution in [0, 0.1) is 11.3 Å². The molecule has 108 valence electrons. The molecule has 0 saturated carbocycles. The highest BCUT2D eigenvalue weighted by Crippen LogP contribution is 2.22. The van der Waals surface area contributed by atoms with Crippen LogP contribution in [0.3, 0.4) is 0 Å². The molecule has 0 fully saturated rings. The van der Waals surface area contributed by atoms with E-state index in [2.05, 4.69) is 15.9 Å². The molecule has 0 atom stereocenters. The Bertz CT molecular complexity index is 652. The molecule has 0 aromatic heterocycles. The van der Waals surface area contributed by atoms with E-state index in [0.29, 0.717) is 10.9 Å². The predicted molar refractivity (Wildman–Crippen MR) is 75.5 cm³/mol. The van der Waals surface area contributed by atoms with E-state index in [9.17, 15) is 13.2 Å². The third-order valence-electron chi connectivity index (χ3n) is 2.42. The molecular weight excluding hydrogens is 348 g/mol. The van der Waals surface area contributed by atoms with E-state index in [1.54, 1.807) is 6.92 Å². The maximum absolute atomic E-state index is 12.4. The van der Waals surface area contributed by atoms with Crippen LogP contribution in [0.5, 0.6) is 0 Å². The fourth-order valence-corrected chi connectivity index (χ4v) is 3.81. The average molecular weight is 361 g/mol. The van der Waals surface area contributed by atoms with Crippen molar-refractivity contribution in [2.24, 2.45) is 0 Å². The summed E-state index contributed by atoms with van der Waals surface area (Å²) in [5.74, 6) is -1.22. The highest BCUT2D eigenvalue weighted by atomic mass is 79.9. The Morgan fingerprint density at radius 1 is 1.45 bits per heavy atom. The summed E-state index contributed by atoms with van der Waals surface area (Å²) in [5.41, 5.74) is 0.185. The molecule has 0 radical (unpaired) electrons. The lowest BCUT2D eigenvalue weighted by atomic mass is 10.2. The predicted octanol–water partition coefficient (Wildman–Crippen LogP) is 1.81. The van der Waals surface area contributed by atoms with Gasteiger partial charge in [0.1, 0.15) is 6.54 Å². The third-order valence-corrected chi connectivity index (χ3v) is 4.70. The number of halogens is 1. The Labute approximate surface area is 125 Å². The van der Waals surface area contributed by atoms with Crippen LogP contribution in [0.2, 0.25) is 0 Å². The summed E-state index contributed by atoms with van der Waals surface area (Å²) in [7, 11) is -3.94. The highest BCUT2D eigenvalue weighted by Gasteiger charge is 2.26. The van der Waals surface area contributed by atoms with E-state index in [4.69, 9.17) is 10.4 Å². The first-order valence-electron chi connectivity index (χ1n) is 5.74. The van der Waals surface area contributed by atoms with Crippen LogP contribution in [0.4, 0.5) is 0 Å². The number of rotatable bonds is 6. The molecular formula is C12H13BrN2O4S. The molecule has 0 amide bonds. The maximum atomic E-state index is 12.4. The Balaban J connectivity index is 3.29. The number of carboxylic acids is 1. The summed E-state index contributed by atoms with van der Waals surface area (Å²) >= 11 is 3.13. The second-order valence-corrected chi connectivity index (χ2v) is 6.87. The van der Waals surface area contributed by atoms with Gasteiger partial charge in [-0.15, -0.1) is 0 Å². The molecule has 0 aliphatic carbocycles. The van der Waals surface area contributed by atoms with Gasteiger partial charge in [0.25, 0.3) is 0 Å². The lowest BCUT2D eigenvalue weighted by molar-refractivity contribution is -0.137. The van der Waals surface area contributed by atoms with Gasteiger partial charge in [0, 0.05) is 11.0 Å². The van der Waals surface area contributed by atoms with Crippen LogP contribution in [0.1, 0.15) is 18.9 Å². The summed E-state index contributed by atoms with van der Waals surface area (Å²) in [4.78, 5) is 10.7. The molecule has 1 aromatic carbocycles. The van der Waals surface area contributed by atoms with Gasteiger partial charge in [0.15, 0.2) is 0 Å². The molecule has 0 aliphatic heterocycles. The Kier molecular flexibility index (Phi) is 5.68. The molecule has 0 spiro atoms. The summed E-state index contributed by atoms with van der Waals surface area (Å²) in [6.45, 7) is 1.25. The van der Waals surface area contributed by atoms with Crippen molar-refractivity contribution < 1.29 is 18.3 Å². The molecule has 6 nitrogen and oxygen atoms in total. The molecule has 0 unspecified atom stereocenters. The lowest BCUT2D eigenvalue weighted by Crippen LogP contribution is -2.36. The van der Waals surface area contributed by atoms with Gasteiger partial charge in [0.05, 0.1) is 16.5 Å². The first-order chi connectivity index (χ1) is 9.31. The Morgan fingerprint density at radius 2 is 2.10 bits per heavy atom. The van der Waals surface area contributed by atoms with Gasteiger partial charge in [-0.2, -0.15) is 9.57 Å². The third kappa shape index (κ3) is 4.03. The first-order valence-corrected chi connectivity index (χ1v) is 7.97. The first kappa shape index (κ1) is 16.6. The zero-order valence-corrected chi connectivity index (χ0v) is 13.1. The average Bonchev–Trinajstić information content (AvgIpc) is 2.36. The summed E-state index contributed by atoms with van der Waals surface area (Å²) in [6.07, 6.45) is 0.492. The lowest BCUT2D eigenvalue weighted by Gasteiger charge is -2.19. The second kappa shape index (κ2) is 6.83. The number of carboxylic acid groups (broad SMARTS) is 1. The summed E-state index contributed by atoms with van der Waals surface area (Å²) < 4.78 is 26.2. The summed E-state index contributed by atoms with van der Waals surface area (Å²) in [5, 5.41) is 17.7. The van der Waals surface area contributed by atoms with Gasteiger partial charge in [-0.25, -0.2) is 8.42 Å². The number of hydrogen-bond acceptors (Lipinski definition) is 4. The standard InChI is InChI=1S/C12H13BrN2O4S/c1-2-3-15(8-12(16)17)20(18,19)11-5-9(7-14)4-10(13)6-11/h4-6H,2-3,8H2,1H3,(H,16,17). The van der Waals surface area contributed by atoms with Crippen molar-refractivity contribution in [3.63, 3.8) is 0 Å². The Morgan fingerprint density at radius 3 is 2.60 bits per heavy atom. The number of nitrogens with zero attached hydrogens (tertiary/aromatic N) is 2. The minimum absolute atomic E-state index is 0.0990. The van der Waals surface area contributed by atoms with Crippen LogP contribution < -0.4 is 0 Å². The van der Waals surface area contributed by atoms with Crippen molar-refractivity contribution >= 4 is 31.9 Å². The van der Waals surface area contributed by atoms with E-state index in [0.717, 1.165) is 4.31 Å². The molecule has 0 heterocycles. The van der Waals surface area contributed by atoms with E-state index >= 15 is 0 Å². The molecule has 1 N–H and O–H groups in total. The molecule has 1 aromatic rings. The summed E-state index contributed by atoms with van der Waals surface area (Å²) in [6, 6.07) is 5.92. The van der Waals surface area contributed by atoms with Gasteiger partial charge in [-0.3, -0.25) is 4.79 Å². The number of benzene rings is 1. The molecule has 20 heavy (non-hydrogen) atoms. The van der Waals surface area contributed by atoms with Crippen molar-refractivity contribution in [3.05, 3.63) is 28.2 Å². The van der Waals surface area contributed by atoms with Gasteiger partial charge in [-0.05, 0) is 24.6 Å². The maximum Gasteiger partial charge on any atom is 0.318 e. The second-order valence-electron chi connectivity index (χ2n) is 4.02. The fraction of sp³-hybridized carbons (Fsp3) is 0.333. The largest absolute Gasteiger partial charge is 0.480 e. The van der Waals surface area contributed by atoms with Crippen LogP contribution in [-0.2, 0) is 14.8 Å². The van der Waals surface area contributed by atoms with E-state index < -0.39 is 22.5 Å². The van der Waals surface area contributed by atoms with E-state index in [1.165, 1.54) is 18.2 Å². The number of aliphatic carboxylic acids is 1. The van der Waals surface area contributed by atoms with Crippen LogP contribution in [0.15, 0.2) is 27.6 Å². The highest BCUT2D eigenvalue weighted by molar-refractivity contribution is 9.10. The van der Waals surface area contributed by atoms with Crippen molar-refractivity contribution in [2.75, 3.05) is 13.1 Å². The molecule has 0 saturated heterocycles. The smallest absolute Gasteiger partial charge is 0.318 e. The normalized spacial score (nSPS) is 11.3. The van der Waals surface area contributed by atoms with Crippen LogP contribution >= 0.6 is 15.9 Å². The molecule has 0 bridgehead atoms. The van der Waals surface area contributed by atoms with Gasteiger partial charge < -0.3 is 5.11 Å². The van der Waals surface area contributed by atoms with E-state index in [-0.39, 0.29) is 17.0 Å². The van der Waals surface area contributed by atoms with E-state index in [1.807, 2.05) is 6.07 Å². The minimum Gasteiger partial charge on any atom is -0.480 e. The molecule has 0 aliphatic rings. The van der Waals surface area contributed by atoms with Crippen LogP contribution in [-0.4, -0.2) is 36.9 Å². The zero-order chi connectivity index (χ0) is 15.3. The topological polar surface area (TPSA) is 98.5 Å². The van der Waals surface area contributed by atoms with Gasteiger partial charge in [0.2, 0.25) is 10.0 Å². The number of hydrogen-bond donors (Lipinski definition) is 1. The number of nitriles is 1. The van der Waals surface area contributed by atoms with Crippen molar-refractivity contribution in [2.45, 2.75) is 18.2 Å². The van der Waals surface area contributed by atoms with Gasteiger partial charge >= 0.3 is 5.97 Å². The monoisotopic (exact) mass is 360 g/mol. The molecule has 1 rings (SSSR count). The van der Waals surface area contributed by atoms with Crippen molar-refractivity contribution in [1.82, 2.24) is 4.31 Å². The number of carbonyl (C=O) groups is 1. The van der Waals surface area contributed by atoms with Gasteiger partial charge in [-0.1, -0.05) is 22.9 Å². The van der Waals surface area contributed by atoms with Crippen molar-refractivity contribution in [3.8, 4) is 6.07 Å². The van der Waals surface area contributed by atoms with Crippen LogP contribution in [0.25, 0.3) is 0 Å². The minimum atomic E-state index is -3.94. The number of sulfonamides is 1. The quantitative estimate of drug-likeness (QED) is 0.833.